The van der Waals surface area contributed by atoms with Crippen molar-refractivity contribution in [1.29, 1.82) is 0 Å². The van der Waals surface area contributed by atoms with Crippen LogP contribution in [0.25, 0.3) is 0 Å². The van der Waals surface area contributed by atoms with Gasteiger partial charge in [0.15, 0.2) is 0 Å². The Morgan fingerprint density at radius 2 is 1.74 bits per heavy atom. The molecule has 2 aliphatic rings. The van der Waals surface area contributed by atoms with Crippen LogP contribution in [-0.2, 0) is 14.4 Å². The van der Waals surface area contributed by atoms with E-state index in [0.29, 0.717) is 22.7 Å². The summed E-state index contributed by atoms with van der Waals surface area (Å²) >= 11 is 0. The molecular weight excluding hydrogens is 400 g/mol. The van der Waals surface area contributed by atoms with E-state index in [4.69, 9.17) is 9.47 Å². The number of nitrogens with zero attached hydrogens (tertiary/aromatic N) is 2. The number of benzene rings is 2. The first-order valence-electron chi connectivity index (χ1n) is 10.0. The average molecular weight is 422 g/mol. The van der Waals surface area contributed by atoms with E-state index in [1.165, 1.54) is 26.2 Å². The van der Waals surface area contributed by atoms with Gasteiger partial charge in [0.1, 0.15) is 17.5 Å². The number of imide groups is 1. The molecule has 2 aromatic rings. The summed E-state index contributed by atoms with van der Waals surface area (Å²) in [5, 5.41) is 0. The summed E-state index contributed by atoms with van der Waals surface area (Å²) in [6.45, 7) is 1.29. The maximum atomic E-state index is 13.3. The van der Waals surface area contributed by atoms with Gasteiger partial charge in [-0.15, -0.1) is 0 Å². The highest BCUT2D eigenvalue weighted by atomic mass is 16.5. The number of amides is 3. The van der Waals surface area contributed by atoms with E-state index in [-0.39, 0.29) is 24.3 Å². The number of hydrogen-bond acceptors (Lipinski definition) is 6. The van der Waals surface area contributed by atoms with Crippen LogP contribution in [0.15, 0.2) is 48.5 Å². The molecule has 0 spiro atoms. The number of hydrogen-bond donors (Lipinski definition) is 0. The van der Waals surface area contributed by atoms with Crippen LogP contribution in [-0.4, -0.2) is 47.8 Å². The number of carbonyl (C=O) groups excluding carboxylic acids is 4. The summed E-state index contributed by atoms with van der Waals surface area (Å²) in [5.41, 5.74) is 0.786. The summed E-state index contributed by atoms with van der Waals surface area (Å²) in [6.07, 6.45) is 1.52. The van der Waals surface area contributed by atoms with Crippen molar-refractivity contribution < 1.29 is 28.7 Å². The predicted molar refractivity (Wildman–Crippen MR) is 111 cm³/mol. The van der Waals surface area contributed by atoms with E-state index in [2.05, 4.69) is 0 Å². The van der Waals surface area contributed by atoms with Gasteiger partial charge in [-0.05, 0) is 55.3 Å². The van der Waals surface area contributed by atoms with Crippen LogP contribution in [0.5, 0.6) is 11.5 Å². The van der Waals surface area contributed by atoms with Gasteiger partial charge in [-0.2, -0.15) is 0 Å². The quantitative estimate of drug-likeness (QED) is 0.404. The van der Waals surface area contributed by atoms with Crippen LogP contribution in [0.1, 0.15) is 36.5 Å². The molecule has 2 fully saturated rings. The Morgan fingerprint density at radius 1 is 1.03 bits per heavy atom. The molecule has 31 heavy (non-hydrogen) atoms. The second-order valence-electron chi connectivity index (χ2n) is 7.55. The van der Waals surface area contributed by atoms with Gasteiger partial charge in [0.2, 0.25) is 5.91 Å². The Balaban J connectivity index is 1.58. The number of rotatable bonds is 6. The van der Waals surface area contributed by atoms with E-state index in [9.17, 15) is 19.2 Å². The summed E-state index contributed by atoms with van der Waals surface area (Å²) < 4.78 is 10.2. The molecular formula is C23H22N2O6. The molecule has 3 amide bonds. The molecule has 0 N–H and O–H groups in total. The van der Waals surface area contributed by atoms with Crippen LogP contribution < -0.4 is 14.4 Å². The molecule has 4 rings (SSSR count). The molecule has 1 aliphatic carbocycles. The first-order valence-corrected chi connectivity index (χ1v) is 10.0. The van der Waals surface area contributed by atoms with Gasteiger partial charge in [0.25, 0.3) is 11.8 Å². The van der Waals surface area contributed by atoms with Crippen molar-refractivity contribution in [2.75, 3.05) is 12.0 Å². The number of esters is 1. The second-order valence-corrected chi connectivity index (χ2v) is 7.55. The third-order valence-electron chi connectivity index (χ3n) is 5.31. The minimum atomic E-state index is -0.855. The molecule has 1 saturated heterocycles. The first kappa shape index (κ1) is 20.6. The zero-order valence-corrected chi connectivity index (χ0v) is 17.2. The number of ether oxygens (including phenoxy) is 2. The second kappa shape index (κ2) is 8.22. The molecule has 1 saturated carbocycles. The van der Waals surface area contributed by atoms with Crippen LogP contribution in [0.4, 0.5) is 5.69 Å². The van der Waals surface area contributed by atoms with Gasteiger partial charge >= 0.3 is 5.97 Å². The maximum absolute atomic E-state index is 13.3. The largest absolute Gasteiger partial charge is 0.497 e. The number of anilines is 1. The topological polar surface area (TPSA) is 93.2 Å². The SMILES string of the molecule is COc1cccc(C(=O)N(C2CC2)C2CC(=O)N(c3ccc(OC(C)=O)cc3)C2=O)c1. The van der Waals surface area contributed by atoms with Crippen molar-refractivity contribution in [3.8, 4) is 11.5 Å². The summed E-state index contributed by atoms with van der Waals surface area (Å²) in [4.78, 5) is 52.9. The molecule has 1 atom stereocenters. The Hall–Kier alpha value is -3.68. The molecule has 160 valence electrons. The third-order valence-corrected chi connectivity index (χ3v) is 5.31. The van der Waals surface area contributed by atoms with E-state index in [0.717, 1.165) is 17.7 Å². The molecule has 0 aromatic heterocycles. The number of carbonyl (C=O) groups is 4. The van der Waals surface area contributed by atoms with Crippen LogP contribution in [0.3, 0.4) is 0 Å². The minimum absolute atomic E-state index is 0.0632. The van der Waals surface area contributed by atoms with Crippen LogP contribution in [0, 0.1) is 0 Å². The predicted octanol–water partition coefficient (Wildman–Crippen LogP) is 2.56. The average Bonchev–Trinajstić information content (AvgIpc) is 3.54. The summed E-state index contributed by atoms with van der Waals surface area (Å²) in [6, 6.07) is 12.0. The molecule has 1 unspecified atom stereocenters. The normalized spacial score (nSPS) is 18.1. The molecule has 8 nitrogen and oxygen atoms in total. The Labute approximate surface area is 179 Å². The van der Waals surface area contributed by atoms with Gasteiger partial charge < -0.3 is 14.4 Å². The third kappa shape index (κ3) is 4.14. The highest BCUT2D eigenvalue weighted by molar-refractivity contribution is 6.23. The highest BCUT2D eigenvalue weighted by Crippen LogP contribution is 2.35. The minimum Gasteiger partial charge on any atom is -0.497 e. The maximum Gasteiger partial charge on any atom is 0.308 e. The zero-order chi connectivity index (χ0) is 22.1. The van der Waals surface area contributed by atoms with Gasteiger partial charge in [-0.3, -0.25) is 19.2 Å². The van der Waals surface area contributed by atoms with E-state index >= 15 is 0 Å². The van der Waals surface area contributed by atoms with E-state index < -0.39 is 17.9 Å². The van der Waals surface area contributed by atoms with E-state index in [1.807, 2.05) is 0 Å². The van der Waals surface area contributed by atoms with Crippen LogP contribution in [0.2, 0.25) is 0 Å². The fraction of sp³-hybridized carbons (Fsp3) is 0.304. The van der Waals surface area contributed by atoms with E-state index in [1.54, 1.807) is 41.3 Å². The smallest absolute Gasteiger partial charge is 0.308 e. The van der Waals surface area contributed by atoms with Crippen molar-refractivity contribution in [1.82, 2.24) is 4.90 Å². The standard InChI is InChI=1S/C23H22N2O6/c1-14(26)31-18-10-8-17(9-11-18)25-21(27)13-20(23(25)29)24(16-6-7-16)22(28)15-4-3-5-19(12-15)30-2/h3-5,8-12,16,20H,6-7,13H2,1-2H3. The molecule has 8 heteroatoms. The fourth-order valence-corrected chi connectivity index (χ4v) is 3.75. The Kier molecular flexibility index (Phi) is 5.46. The summed E-state index contributed by atoms with van der Waals surface area (Å²) in [5.74, 6) is -0.700. The van der Waals surface area contributed by atoms with Gasteiger partial charge in [-0.1, -0.05) is 6.07 Å². The number of methoxy groups -OCH3 is 1. The first-order chi connectivity index (χ1) is 14.9. The molecule has 0 bridgehead atoms. The van der Waals surface area contributed by atoms with Crippen molar-refractivity contribution in [2.45, 2.75) is 38.3 Å². The van der Waals surface area contributed by atoms with Crippen molar-refractivity contribution in [3.05, 3.63) is 54.1 Å². The lowest BCUT2D eigenvalue weighted by molar-refractivity contribution is -0.132. The Bertz CT molecular complexity index is 1040. The molecule has 1 aliphatic heterocycles. The molecule has 1 heterocycles. The zero-order valence-electron chi connectivity index (χ0n) is 17.2. The van der Waals surface area contributed by atoms with Gasteiger partial charge in [0, 0.05) is 18.5 Å². The van der Waals surface area contributed by atoms with Crippen molar-refractivity contribution >= 4 is 29.4 Å². The lowest BCUT2D eigenvalue weighted by Gasteiger charge is -2.28. The van der Waals surface area contributed by atoms with Crippen molar-refractivity contribution in [2.24, 2.45) is 0 Å². The van der Waals surface area contributed by atoms with Gasteiger partial charge in [0.05, 0.1) is 19.2 Å². The molecule has 0 radical (unpaired) electrons. The fourth-order valence-electron chi connectivity index (χ4n) is 3.75. The van der Waals surface area contributed by atoms with Gasteiger partial charge in [-0.25, -0.2) is 4.90 Å². The van der Waals surface area contributed by atoms with Crippen molar-refractivity contribution in [3.63, 3.8) is 0 Å². The highest BCUT2D eigenvalue weighted by Gasteiger charge is 2.48. The van der Waals surface area contributed by atoms with Crippen LogP contribution >= 0.6 is 0 Å². The lowest BCUT2D eigenvalue weighted by Crippen LogP contribution is -2.46. The lowest BCUT2D eigenvalue weighted by atomic mass is 10.1. The molecule has 2 aromatic carbocycles. The Morgan fingerprint density at radius 3 is 2.35 bits per heavy atom. The monoisotopic (exact) mass is 422 g/mol. The summed E-state index contributed by atoms with van der Waals surface area (Å²) in [7, 11) is 1.52.